The molecule has 0 amide bonds. The van der Waals surface area contributed by atoms with E-state index in [0.717, 1.165) is 32.1 Å². The minimum absolute atomic E-state index is 0.0507. The van der Waals surface area contributed by atoms with Gasteiger partial charge in [0.15, 0.2) is 0 Å². The van der Waals surface area contributed by atoms with Gasteiger partial charge in [0.05, 0.1) is 12.7 Å². The maximum atomic E-state index is 12.2. The zero-order chi connectivity index (χ0) is 14.0. The fourth-order valence-corrected chi connectivity index (χ4v) is 3.90. The van der Waals surface area contributed by atoms with E-state index >= 15 is 0 Å². The van der Waals surface area contributed by atoms with Crippen LogP contribution in [0, 0.1) is 11.3 Å². The number of carbonyl (C=O) groups excluding carboxylic acids is 1. The van der Waals surface area contributed by atoms with E-state index in [1.807, 2.05) is 6.07 Å². The Balaban J connectivity index is 1.58. The van der Waals surface area contributed by atoms with E-state index in [1.54, 1.807) is 0 Å². The quantitative estimate of drug-likeness (QED) is 0.827. The van der Waals surface area contributed by atoms with Crippen molar-refractivity contribution in [2.45, 2.75) is 58.2 Å². The number of hydrogen-bond acceptors (Lipinski definition) is 2. The molecular formula is C18H24O2. The van der Waals surface area contributed by atoms with Crippen LogP contribution in [0.25, 0.3) is 0 Å². The van der Waals surface area contributed by atoms with Gasteiger partial charge >= 0.3 is 0 Å². The number of Topliss-reactive ketones (excluding diaryl/α,β-unsaturated/α-hetero) is 1. The number of benzene rings is 1. The van der Waals surface area contributed by atoms with Gasteiger partial charge in [-0.05, 0) is 43.6 Å². The van der Waals surface area contributed by atoms with Gasteiger partial charge in [0.25, 0.3) is 0 Å². The van der Waals surface area contributed by atoms with Crippen LogP contribution in [0.2, 0.25) is 0 Å². The van der Waals surface area contributed by atoms with Crippen LogP contribution < -0.4 is 0 Å². The lowest BCUT2D eigenvalue weighted by molar-refractivity contribution is -0.140. The summed E-state index contributed by atoms with van der Waals surface area (Å²) in [5, 5.41) is 0. The van der Waals surface area contributed by atoms with Crippen LogP contribution in [0.15, 0.2) is 30.3 Å². The second-order valence-corrected chi connectivity index (χ2v) is 6.62. The summed E-state index contributed by atoms with van der Waals surface area (Å²) in [7, 11) is 0. The van der Waals surface area contributed by atoms with Crippen LogP contribution in [0.5, 0.6) is 0 Å². The number of rotatable bonds is 3. The SMILES string of the molecule is C[C@]12CC[C@H](OCc3ccccc3)C[C@@H]1CCCC2=O. The van der Waals surface area contributed by atoms with Crippen molar-refractivity contribution in [1.29, 1.82) is 0 Å². The van der Waals surface area contributed by atoms with E-state index in [1.165, 1.54) is 12.0 Å². The van der Waals surface area contributed by atoms with Crippen molar-refractivity contribution in [2.75, 3.05) is 0 Å². The largest absolute Gasteiger partial charge is 0.374 e. The number of ketones is 1. The van der Waals surface area contributed by atoms with Gasteiger partial charge < -0.3 is 4.74 Å². The Morgan fingerprint density at radius 3 is 2.85 bits per heavy atom. The third-order valence-electron chi connectivity index (χ3n) is 5.36. The molecule has 0 saturated heterocycles. The summed E-state index contributed by atoms with van der Waals surface area (Å²) in [5.74, 6) is 1.04. The van der Waals surface area contributed by atoms with Crippen molar-refractivity contribution in [1.82, 2.24) is 0 Å². The zero-order valence-electron chi connectivity index (χ0n) is 12.3. The highest BCUT2D eigenvalue weighted by Crippen LogP contribution is 2.48. The van der Waals surface area contributed by atoms with Gasteiger partial charge in [-0.15, -0.1) is 0 Å². The van der Waals surface area contributed by atoms with Crippen molar-refractivity contribution < 1.29 is 9.53 Å². The molecule has 0 aliphatic heterocycles. The van der Waals surface area contributed by atoms with E-state index in [4.69, 9.17) is 4.74 Å². The van der Waals surface area contributed by atoms with Crippen molar-refractivity contribution in [3.05, 3.63) is 35.9 Å². The maximum absolute atomic E-state index is 12.2. The summed E-state index contributed by atoms with van der Waals surface area (Å²) >= 11 is 0. The second-order valence-electron chi connectivity index (χ2n) is 6.62. The second kappa shape index (κ2) is 5.69. The predicted molar refractivity (Wildman–Crippen MR) is 79.3 cm³/mol. The van der Waals surface area contributed by atoms with Crippen LogP contribution in [-0.2, 0) is 16.1 Å². The van der Waals surface area contributed by atoms with E-state index < -0.39 is 0 Å². The molecule has 3 rings (SSSR count). The van der Waals surface area contributed by atoms with Crippen molar-refractivity contribution >= 4 is 5.78 Å². The number of carbonyl (C=O) groups is 1. The summed E-state index contributed by atoms with van der Waals surface area (Å²) in [6.45, 7) is 2.88. The van der Waals surface area contributed by atoms with Crippen LogP contribution in [-0.4, -0.2) is 11.9 Å². The topological polar surface area (TPSA) is 26.3 Å². The number of fused-ring (bicyclic) bond motifs is 1. The molecule has 2 nitrogen and oxygen atoms in total. The molecule has 0 aromatic heterocycles. The van der Waals surface area contributed by atoms with Gasteiger partial charge in [-0.3, -0.25) is 4.79 Å². The smallest absolute Gasteiger partial charge is 0.139 e. The minimum Gasteiger partial charge on any atom is -0.374 e. The molecule has 0 bridgehead atoms. The third kappa shape index (κ3) is 2.67. The molecule has 0 unspecified atom stereocenters. The van der Waals surface area contributed by atoms with E-state index in [0.29, 0.717) is 24.4 Å². The number of hydrogen-bond donors (Lipinski definition) is 0. The van der Waals surface area contributed by atoms with E-state index in [2.05, 4.69) is 31.2 Å². The molecular weight excluding hydrogens is 248 g/mol. The van der Waals surface area contributed by atoms with Gasteiger partial charge in [0.1, 0.15) is 5.78 Å². The van der Waals surface area contributed by atoms with Gasteiger partial charge in [-0.2, -0.15) is 0 Å². The van der Waals surface area contributed by atoms with Gasteiger partial charge in [-0.1, -0.05) is 37.3 Å². The zero-order valence-corrected chi connectivity index (χ0v) is 12.3. The molecule has 2 aliphatic carbocycles. The first-order valence-electron chi connectivity index (χ1n) is 7.87. The monoisotopic (exact) mass is 272 g/mol. The Bertz CT molecular complexity index is 468. The first kappa shape index (κ1) is 13.8. The van der Waals surface area contributed by atoms with Crippen molar-refractivity contribution in [3.63, 3.8) is 0 Å². The Morgan fingerprint density at radius 2 is 2.05 bits per heavy atom. The molecule has 2 saturated carbocycles. The van der Waals surface area contributed by atoms with Gasteiger partial charge in [-0.25, -0.2) is 0 Å². The summed E-state index contributed by atoms with van der Waals surface area (Å²) in [5.41, 5.74) is 1.19. The summed E-state index contributed by atoms with van der Waals surface area (Å²) in [6.07, 6.45) is 6.51. The molecule has 0 radical (unpaired) electrons. The molecule has 2 heteroatoms. The Morgan fingerprint density at radius 1 is 1.25 bits per heavy atom. The van der Waals surface area contributed by atoms with Crippen LogP contribution in [0.4, 0.5) is 0 Å². The average Bonchev–Trinajstić information content (AvgIpc) is 2.48. The lowest BCUT2D eigenvalue weighted by Crippen LogP contribution is -2.45. The van der Waals surface area contributed by atoms with Crippen LogP contribution in [0.3, 0.4) is 0 Å². The molecule has 2 fully saturated rings. The molecule has 20 heavy (non-hydrogen) atoms. The molecule has 0 N–H and O–H groups in total. The third-order valence-corrected chi connectivity index (χ3v) is 5.36. The highest BCUT2D eigenvalue weighted by Gasteiger charge is 2.46. The summed E-state index contributed by atoms with van der Waals surface area (Å²) in [6, 6.07) is 10.4. The normalized spacial score (nSPS) is 33.8. The molecule has 1 aromatic carbocycles. The molecule has 2 aliphatic rings. The standard InChI is InChI=1S/C18H24O2/c1-18-11-10-16(12-15(18)8-5-9-17(18)19)20-13-14-6-3-2-4-7-14/h2-4,6-7,15-16H,5,8-13H2,1H3/t15-,16-,18-/m0/s1. The first-order valence-corrected chi connectivity index (χ1v) is 7.87. The molecule has 3 atom stereocenters. The van der Waals surface area contributed by atoms with Gasteiger partial charge in [0, 0.05) is 11.8 Å². The fraction of sp³-hybridized carbons (Fsp3) is 0.611. The first-order chi connectivity index (χ1) is 9.68. The molecule has 108 valence electrons. The number of ether oxygens (including phenoxy) is 1. The average molecular weight is 272 g/mol. The minimum atomic E-state index is -0.0507. The van der Waals surface area contributed by atoms with E-state index in [9.17, 15) is 4.79 Å². The van der Waals surface area contributed by atoms with E-state index in [-0.39, 0.29) is 5.41 Å². The summed E-state index contributed by atoms with van der Waals surface area (Å²) < 4.78 is 6.09. The maximum Gasteiger partial charge on any atom is 0.139 e. The van der Waals surface area contributed by atoms with Gasteiger partial charge in [0.2, 0.25) is 0 Å². The lowest BCUT2D eigenvalue weighted by atomic mass is 9.59. The van der Waals surface area contributed by atoms with Crippen molar-refractivity contribution in [3.8, 4) is 0 Å². The molecule has 1 aromatic rings. The van der Waals surface area contributed by atoms with Crippen molar-refractivity contribution in [2.24, 2.45) is 11.3 Å². The molecule has 0 spiro atoms. The molecule has 0 heterocycles. The Kier molecular flexibility index (Phi) is 3.93. The highest BCUT2D eigenvalue weighted by molar-refractivity contribution is 5.85. The fourth-order valence-electron chi connectivity index (χ4n) is 3.90. The predicted octanol–water partition coefficient (Wildman–Crippen LogP) is 4.13. The van der Waals surface area contributed by atoms with Crippen LogP contribution >= 0.6 is 0 Å². The van der Waals surface area contributed by atoms with Crippen LogP contribution in [0.1, 0.15) is 51.0 Å². The Hall–Kier alpha value is -1.15. The Labute approximate surface area is 121 Å². The lowest BCUT2D eigenvalue weighted by Gasteiger charge is -2.46. The summed E-state index contributed by atoms with van der Waals surface area (Å²) in [4.78, 5) is 12.2. The highest BCUT2D eigenvalue weighted by atomic mass is 16.5.